The Labute approximate surface area is 158 Å². The first kappa shape index (κ1) is 17.9. The van der Waals surface area contributed by atoms with Crippen LogP contribution in [0.5, 0.6) is 0 Å². The molecule has 5 heteroatoms. The van der Waals surface area contributed by atoms with Gasteiger partial charge in [0.15, 0.2) is 0 Å². The highest BCUT2D eigenvalue weighted by Crippen LogP contribution is 2.35. The number of nitrogens with zero attached hydrogens (tertiary/aromatic N) is 1. The second-order valence-electron chi connectivity index (χ2n) is 6.79. The molecule has 138 valence electrons. The fourth-order valence-electron chi connectivity index (χ4n) is 3.72. The van der Waals surface area contributed by atoms with Crippen LogP contribution in [0.15, 0.2) is 42.5 Å². The summed E-state index contributed by atoms with van der Waals surface area (Å²) in [5, 5.41) is 12.4. The van der Waals surface area contributed by atoms with Crippen molar-refractivity contribution in [3.63, 3.8) is 0 Å². The van der Waals surface area contributed by atoms with Crippen LogP contribution in [-0.2, 0) is 15.9 Å². The molecular formula is C22H21FN2O2. The zero-order valence-electron chi connectivity index (χ0n) is 15.0. The van der Waals surface area contributed by atoms with Crippen molar-refractivity contribution < 1.29 is 13.9 Å². The van der Waals surface area contributed by atoms with E-state index < -0.39 is 5.82 Å². The third-order valence-electron chi connectivity index (χ3n) is 5.03. The van der Waals surface area contributed by atoms with Gasteiger partial charge in [-0.05, 0) is 40.0 Å². The van der Waals surface area contributed by atoms with Crippen molar-refractivity contribution in [3.05, 3.63) is 65.0 Å². The highest BCUT2D eigenvalue weighted by Gasteiger charge is 2.21. The van der Waals surface area contributed by atoms with Crippen LogP contribution >= 0.6 is 0 Å². The Kier molecular flexibility index (Phi) is 5.30. The maximum Gasteiger partial charge on any atom is 0.141 e. The first-order valence-electron chi connectivity index (χ1n) is 9.17. The largest absolute Gasteiger partial charge is 0.375 e. The monoisotopic (exact) mass is 364 g/mol. The summed E-state index contributed by atoms with van der Waals surface area (Å²) in [4.78, 5) is 0. The van der Waals surface area contributed by atoms with E-state index in [-0.39, 0.29) is 11.7 Å². The summed E-state index contributed by atoms with van der Waals surface area (Å²) in [6.45, 7) is 3.56. The van der Waals surface area contributed by atoms with Gasteiger partial charge >= 0.3 is 0 Å². The van der Waals surface area contributed by atoms with Crippen molar-refractivity contribution in [2.75, 3.05) is 32.9 Å². The highest BCUT2D eigenvalue weighted by atomic mass is 19.1. The topological polar surface area (TPSA) is 54.3 Å². The van der Waals surface area contributed by atoms with Gasteiger partial charge in [0, 0.05) is 19.5 Å². The molecule has 0 aliphatic carbocycles. The number of halogens is 1. The lowest BCUT2D eigenvalue weighted by molar-refractivity contribution is 0.0292. The van der Waals surface area contributed by atoms with Crippen LogP contribution < -0.4 is 5.32 Å². The molecule has 2 aliphatic rings. The molecule has 1 fully saturated rings. The minimum absolute atomic E-state index is 0.0570. The van der Waals surface area contributed by atoms with Gasteiger partial charge in [-0.1, -0.05) is 30.3 Å². The van der Waals surface area contributed by atoms with Crippen LogP contribution in [0.1, 0.15) is 16.7 Å². The van der Waals surface area contributed by atoms with Gasteiger partial charge in [-0.3, -0.25) is 0 Å². The molecule has 1 saturated heterocycles. The summed E-state index contributed by atoms with van der Waals surface area (Å²) in [5.74, 6) is -0.497. The predicted octanol–water partition coefficient (Wildman–Crippen LogP) is 3.31. The molecule has 1 unspecified atom stereocenters. The van der Waals surface area contributed by atoms with E-state index in [0.717, 1.165) is 41.8 Å². The average molecular weight is 364 g/mol. The second kappa shape index (κ2) is 8.01. The van der Waals surface area contributed by atoms with Crippen molar-refractivity contribution in [3.8, 4) is 17.2 Å². The Hall–Kier alpha value is -2.52. The van der Waals surface area contributed by atoms with Crippen molar-refractivity contribution in [1.82, 2.24) is 5.32 Å². The van der Waals surface area contributed by atoms with Gasteiger partial charge in [0.25, 0.3) is 0 Å². The summed E-state index contributed by atoms with van der Waals surface area (Å²) in [5.41, 5.74) is 5.15. The summed E-state index contributed by atoms with van der Waals surface area (Å²) in [6, 6.07) is 12.8. The fraction of sp³-hybridized carbons (Fsp3) is 0.318. The van der Waals surface area contributed by atoms with Gasteiger partial charge in [0.2, 0.25) is 0 Å². The molecule has 0 aromatic heterocycles. The Balaban J connectivity index is 1.78. The molecule has 0 bridgehead atoms. The molecule has 4 nitrogen and oxygen atoms in total. The standard InChI is InChI=1S/C22H21FN2O2/c23-21-11-15(4-5-17(21)12-24)20-3-1-2-16(10-19-13-25-7-9-27-19)22(20)18-6-8-26-14-18/h1-6,11,19,25H,7-10,13-14H2. The maximum absolute atomic E-state index is 14.2. The first-order chi connectivity index (χ1) is 13.3. The number of morpholine rings is 1. The number of nitrogens with one attached hydrogen (secondary N) is 1. The van der Waals surface area contributed by atoms with E-state index in [1.165, 1.54) is 17.7 Å². The van der Waals surface area contributed by atoms with Crippen molar-refractivity contribution in [1.29, 1.82) is 5.26 Å². The maximum atomic E-state index is 14.2. The van der Waals surface area contributed by atoms with E-state index in [9.17, 15) is 4.39 Å². The summed E-state index contributed by atoms with van der Waals surface area (Å²) in [6.07, 6.45) is 2.99. The lowest BCUT2D eigenvalue weighted by Crippen LogP contribution is -2.39. The Morgan fingerprint density at radius 2 is 2.19 bits per heavy atom. The summed E-state index contributed by atoms with van der Waals surface area (Å²) in [7, 11) is 0. The SMILES string of the molecule is N#Cc1ccc(-c2cccc(CC3CNCCO3)c2C2=CCOC2)cc1F. The smallest absolute Gasteiger partial charge is 0.141 e. The summed E-state index contributed by atoms with van der Waals surface area (Å²) < 4.78 is 25.7. The van der Waals surface area contributed by atoms with Crippen LogP contribution in [0.3, 0.4) is 0 Å². The number of nitriles is 1. The first-order valence-corrected chi connectivity index (χ1v) is 9.17. The van der Waals surface area contributed by atoms with Crippen molar-refractivity contribution in [2.24, 2.45) is 0 Å². The third kappa shape index (κ3) is 3.79. The van der Waals surface area contributed by atoms with Crippen LogP contribution in [0, 0.1) is 17.1 Å². The van der Waals surface area contributed by atoms with E-state index >= 15 is 0 Å². The average Bonchev–Trinajstić information content (AvgIpc) is 3.23. The molecular weight excluding hydrogens is 343 g/mol. The molecule has 2 aliphatic heterocycles. The Bertz CT molecular complexity index is 911. The van der Waals surface area contributed by atoms with Crippen molar-refractivity contribution >= 4 is 5.57 Å². The molecule has 2 aromatic carbocycles. The molecule has 27 heavy (non-hydrogen) atoms. The molecule has 0 saturated carbocycles. The van der Waals surface area contributed by atoms with E-state index in [1.54, 1.807) is 6.07 Å². The van der Waals surface area contributed by atoms with Gasteiger partial charge in [-0.2, -0.15) is 5.26 Å². The molecule has 2 aromatic rings. The Morgan fingerprint density at radius 1 is 1.26 bits per heavy atom. The van der Waals surface area contributed by atoms with Gasteiger partial charge in [-0.25, -0.2) is 4.39 Å². The lowest BCUT2D eigenvalue weighted by atomic mass is 9.88. The van der Waals surface area contributed by atoms with Crippen LogP contribution in [0.25, 0.3) is 16.7 Å². The highest BCUT2D eigenvalue weighted by molar-refractivity contribution is 5.84. The minimum atomic E-state index is -0.497. The van der Waals surface area contributed by atoms with E-state index in [2.05, 4.69) is 17.5 Å². The number of hydrogen-bond donors (Lipinski definition) is 1. The third-order valence-corrected chi connectivity index (χ3v) is 5.03. The van der Waals surface area contributed by atoms with Gasteiger partial charge in [0.05, 0.1) is 31.5 Å². The fourth-order valence-corrected chi connectivity index (χ4v) is 3.72. The zero-order valence-corrected chi connectivity index (χ0v) is 15.0. The molecule has 0 radical (unpaired) electrons. The van der Waals surface area contributed by atoms with Crippen molar-refractivity contribution in [2.45, 2.75) is 12.5 Å². The second-order valence-corrected chi connectivity index (χ2v) is 6.79. The van der Waals surface area contributed by atoms with E-state index in [0.29, 0.717) is 19.8 Å². The molecule has 0 spiro atoms. The van der Waals surface area contributed by atoms with E-state index in [1.807, 2.05) is 18.2 Å². The lowest BCUT2D eigenvalue weighted by Gasteiger charge is -2.25. The summed E-state index contributed by atoms with van der Waals surface area (Å²) >= 11 is 0. The number of benzene rings is 2. The number of ether oxygens (including phenoxy) is 2. The zero-order chi connectivity index (χ0) is 18.6. The van der Waals surface area contributed by atoms with Crippen LogP contribution in [-0.4, -0.2) is 39.0 Å². The van der Waals surface area contributed by atoms with Crippen LogP contribution in [0.2, 0.25) is 0 Å². The van der Waals surface area contributed by atoms with Gasteiger partial charge < -0.3 is 14.8 Å². The quantitative estimate of drug-likeness (QED) is 0.904. The molecule has 0 amide bonds. The predicted molar refractivity (Wildman–Crippen MR) is 102 cm³/mol. The number of hydrogen-bond acceptors (Lipinski definition) is 4. The van der Waals surface area contributed by atoms with Gasteiger partial charge in [0.1, 0.15) is 11.9 Å². The van der Waals surface area contributed by atoms with Gasteiger partial charge in [-0.15, -0.1) is 0 Å². The minimum Gasteiger partial charge on any atom is -0.375 e. The molecule has 2 heterocycles. The van der Waals surface area contributed by atoms with E-state index in [4.69, 9.17) is 14.7 Å². The number of rotatable bonds is 4. The molecule has 1 N–H and O–H groups in total. The normalized spacial score (nSPS) is 19.6. The molecule has 4 rings (SSSR count). The Morgan fingerprint density at radius 3 is 2.89 bits per heavy atom. The molecule has 1 atom stereocenters. The van der Waals surface area contributed by atoms with Crippen LogP contribution in [0.4, 0.5) is 4.39 Å².